The van der Waals surface area contributed by atoms with Crippen molar-refractivity contribution in [1.82, 2.24) is 14.6 Å². The summed E-state index contributed by atoms with van der Waals surface area (Å²) in [5, 5.41) is 4.52. The minimum atomic E-state index is -0.286. The van der Waals surface area contributed by atoms with E-state index < -0.39 is 0 Å². The van der Waals surface area contributed by atoms with E-state index in [1.165, 1.54) is 12.1 Å². The first kappa shape index (κ1) is 12.7. The lowest BCUT2D eigenvalue weighted by Gasteiger charge is -2.14. The highest BCUT2D eigenvalue weighted by atomic mass is 19.1. The smallest absolute Gasteiger partial charge is 0.153 e. The molecule has 0 bridgehead atoms. The first-order chi connectivity index (χ1) is 9.69. The van der Waals surface area contributed by atoms with E-state index in [0.29, 0.717) is 5.69 Å². The van der Waals surface area contributed by atoms with Gasteiger partial charge in [0.25, 0.3) is 0 Å². The zero-order valence-corrected chi connectivity index (χ0v) is 11.1. The maximum absolute atomic E-state index is 13.4. The van der Waals surface area contributed by atoms with Crippen LogP contribution in [0.5, 0.6) is 0 Å². The maximum Gasteiger partial charge on any atom is 0.153 e. The molecule has 0 radical (unpaired) electrons. The molecule has 0 saturated heterocycles. The molecule has 1 unspecified atom stereocenters. The number of halogens is 1. The van der Waals surface area contributed by atoms with Crippen LogP contribution in [-0.4, -0.2) is 14.6 Å². The molecule has 20 heavy (non-hydrogen) atoms. The van der Waals surface area contributed by atoms with Crippen molar-refractivity contribution in [3.05, 3.63) is 54.1 Å². The van der Waals surface area contributed by atoms with Gasteiger partial charge in [0.15, 0.2) is 5.65 Å². The Labute approximate surface area is 116 Å². The van der Waals surface area contributed by atoms with Gasteiger partial charge in [-0.25, -0.2) is 13.9 Å². The average Bonchev–Trinajstić information content (AvgIpc) is 2.92. The van der Waals surface area contributed by atoms with Crippen LogP contribution in [-0.2, 0) is 0 Å². The Morgan fingerprint density at radius 2 is 2.20 bits per heavy atom. The highest BCUT2D eigenvalue weighted by Crippen LogP contribution is 2.28. The molecule has 0 spiro atoms. The van der Waals surface area contributed by atoms with Gasteiger partial charge in [-0.15, -0.1) is 0 Å². The third-order valence-electron chi connectivity index (χ3n) is 3.35. The van der Waals surface area contributed by atoms with Crippen LogP contribution in [0.1, 0.15) is 24.9 Å². The number of imidazole rings is 1. The van der Waals surface area contributed by atoms with E-state index in [4.69, 9.17) is 5.73 Å². The fourth-order valence-electron chi connectivity index (χ4n) is 2.23. The summed E-state index contributed by atoms with van der Waals surface area (Å²) in [5.41, 5.74) is 9.21. The summed E-state index contributed by atoms with van der Waals surface area (Å²) < 4.78 is 15.1. The van der Waals surface area contributed by atoms with Gasteiger partial charge in [0, 0.05) is 29.6 Å². The summed E-state index contributed by atoms with van der Waals surface area (Å²) in [5.74, 6) is -0.286. The number of aromatic nitrogens is 3. The predicted octanol–water partition coefficient (Wildman–Crippen LogP) is 2.95. The van der Waals surface area contributed by atoms with Crippen LogP contribution in [0.3, 0.4) is 0 Å². The number of fused-ring (bicyclic) bond motifs is 1. The molecule has 0 saturated carbocycles. The molecule has 2 heterocycles. The summed E-state index contributed by atoms with van der Waals surface area (Å²) in [6.07, 6.45) is 4.22. The predicted molar refractivity (Wildman–Crippen MR) is 75.6 cm³/mol. The lowest BCUT2D eigenvalue weighted by atomic mass is 9.99. The van der Waals surface area contributed by atoms with Crippen LogP contribution in [0.15, 0.2) is 42.7 Å². The van der Waals surface area contributed by atoms with E-state index in [0.717, 1.165) is 23.2 Å². The zero-order valence-electron chi connectivity index (χ0n) is 11.1. The van der Waals surface area contributed by atoms with E-state index in [1.54, 1.807) is 23.0 Å². The van der Waals surface area contributed by atoms with Gasteiger partial charge in [-0.2, -0.15) is 5.10 Å². The topological polar surface area (TPSA) is 56.2 Å². The van der Waals surface area contributed by atoms with Gasteiger partial charge in [-0.05, 0) is 24.6 Å². The number of benzene rings is 1. The Hall–Kier alpha value is -2.27. The van der Waals surface area contributed by atoms with E-state index in [1.807, 2.05) is 19.1 Å². The molecular formula is C15H15FN4. The quantitative estimate of drug-likeness (QED) is 0.796. The molecule has 4 nitrogen and oxygen atoms in total. The van der Waals surface area contributed by atoms with Gasteiger partial charge >= 0.3 is 0 Å². The molecule has 2 aromatic heterocycles. The number of hydrogen-bond acceptors (Lipinski definition) is 3. The summed E-state index contributed by atoms with van der Waals surface area (Å²) in [4.78, 5) is 4.22. The average molecular weight is 270 g/mol. The first-order valence-corrected chi connectivity index (χ1v) is 6.55. The molecule has 102 valence electrons. The van der Waals surface area contributed by atoms with Gasteiger partial charge in [0.05, 0.1) is 5.69 Å². The minimum absolute atomic E-state index is 0.150. The van der Waals surface area contributed by atoms with Gasteiger partial charge in [0.1, 0.15) is 5.82 Å². The summed E-state index contributed by atoms with van der Waals surface area (Å²) in [7, 11) is 0. The largest absolute Gasteiger partial charge is 0.324 e. The molecule has 0 amide bonds. The monoisotopic (exact) mass is 270 g/mol. The SMILES string of the molecule is CCC(N)c1cc2nccn2nc1-c1cccc(F)c1. The van der Waals surface area contributed by atoms with Crippen molar-refractivity contribution in [2.75, 3.05) is 0 Å². The molecule has 3 rings (SSSR count). The fraction of sp³-hybridized carbons (Fsp3) is 0.200. The zero-order chi connectivity index (χ0) is 14.1. The van der Waals surface area contributed by atoms with Crippen molar-refractivity contribution in [2.45, 2.75) is 19.4 Å². The molecule has 0 aliphatic heterocycles. The van der Waals surface area contributed by atoms with Crippen molar-refractivity contribution < 1.29 is 4.39 Å². The van der Waals surface area contributed by atoms with Crippen LogP contribution in [0.25, 0.3) is 16.9 Å². The van der Waals surface area contributed by atoms with Crippen LogP contribution >= 0.6 is 0 Å². The Bertz CT molecular complexity index is 750. The van der Waals surface area contributed by atoms with Gasteiger partial charge < -0.3 is 5.73 Å². The first-order valence-electron chi connectivity index (χ1n) is 6.55. The lowest BCUT2D eigenvalue weighted by Crippen LogP contribution is -2.12. The van der Waals surface area contributed by atoms with E-state index >= 15 is 0 Å². The molecule has 2 N–H and O–H groups in total. The fourth-order valence-corrected chi connectivity index (χ4v) is 2.23. The molecule has 0 fully saturated rings. The molecular weight excluding hydrogens is 255 g/mol. The second-order valence-electron chi connectivity index (χ2n) is 4.70. The van der Waals surface area contributed by atoms with E-state index in [9.17, 15) is 4.39 Å². The summed E-state index contributed by atoms with van der Waals surface area (Å²) >= 11 is 0. The molecule has 0 aliphatic carbocycles. The van der Waals surface area contributed by atoms with Crippen LogP contribution in [0.4, 0.5) is 4.39 Å². The minimum Gasteiger partial charge on any atom is -0.324 e. The molecule has 1 aromatic carbocycles. The van der Waals surface area contributed by atoms with E-state index in [-0.39, 0.29) is 11.9 Å². The Morgan fingerprint density at radius 3 is 2.95 bits per heavy atom. The van der Waals surface area contributed by atoms with Crippen molar-refractivity contribution in [3.8, 4) is 11.3 Å². The number of nitrogens with zero attached hydrogens (tertiary/aromatic N) is 3. The lowest BCUT2D eigenvalue weighted by molar-refractivity contribution is 0.628. The van der Waals surface area contributed by atoms with Crippen molar-refractivity contribution in [2.24, 2.45) is 5.73 Å². The van der Waals surface area contributed by atoms with Gasteiger partial charge in [-0.1, -0.05) is 19.1 Å². The highest BCUT2D eigenvalue weighted by Gasteiger charge is 2.15. The van der Waals surface area contributed by atoms with Crippen molar-refractivity contribution in [3.63, 3.8) is 0 Å². The van der Waals surface area contributed by atoms with Crippen LogP contribution < -0.4 is 5.73 Å². The van der Waals surface area contributed by atoms with Gasteiger partial charge in [-0.3, -0.25) is 0 Å². The van der Waals surface area contributed by atoms with E-state index in [2.05, 4.69) is 10.1 Å². The molecule has 0 aliphatic rings. The molecule has 5 heteroatoms. The third-order valence-corrected chi connectivity index (χ3v) is 3.35. The molecule has 1 atom stereocenters. The van der Waals surface area contributed by atoms with Crippen LogP contribution in [0.2, 0.25) is 0 Å². The second kappa shape index (κ2) is 5.02. The van der Waals surface area contributed by atoms with Crippen molar-refractivity contribution >= 4 is 5.65 Å². The highest BCUT2D eigenvalue weighted by molar-refractivity contribution is 5.65. The number of rotatable bonds is 3. The van der Waals surface area contributed by atoms with Gasteiger partial charge in [0.2, 0.25) is 0 Å². The summed E-state index contributed by atoms with van der Waals surface area (Å²) in [6, 6.07) is 8.16. The summed E-state index contributed by atoms with van der Waals surface area (Å²) in [6.45, 7) is 2.01. The molecule has 3 aromatic rings. The Balaban J connectivity index is 2.25. The maximum atomic E-state index is 13.4. The Kier molecular flexibility index (Phi) is 3.20. The van der Waals surface area contributed by atoms with Crippen LogP contribution in [0, 0.1) is 5.82 Å². The number of hydrogen-bond donors (Lipinski definition) is 1. The van der Waals surface area contributed by atoms with Crippen molar-refractivity contribution in [1.29, 1.82) is 0 Å². The standard InChI is InChI=1S/C15H15FN4/c1-2-13(17)12-9-14-18-6-7-20(14)19-15(12)10-4-3-5-11(16)8-10/h3-9,13H,2,17H2,1H3. The normalized spacial score (nSPS) is 12.8. The number of nitrogens with two attached hydrogens (primary N) is 1. The third kappa shape index (κ3) is 2.16. The second-order valence-corrected chi connectivity index (χ2v) is 4.70. The Morgan fingerprint density at radius 1 is 1.35 bits per heavy atom.